The number of aliphatic hydroxyl groups excluding tert-OH is 1. The average Bonchev–Trinajstić information content (AvgIpc) is 2.90. The maximum atomic E-state index is 13.4. The number of halogens is 1. The van der Waals surface area contributed by atoms with E-state index in [-0.39, 0.29) is 0 Å². The molecule has 0 saturated carbocycles. The first-order valence-electron chi connectivity index (χ1n) is 6.14. The lowest BCUT2D eigenvalue weighted by atomic mass is 10.1. The number of imidazole rings is 1. The van der Waals surface area contributed by atoms with Crippen LogP contribution in [-0.4, -0.2) is 21.6 Å². The predicted octanol–water partition coefficient (Wildman–Crippen LogP) is 2.56. The van der Waals surface area contributed by atoms with Crippen LogP contribution in [0.3, 0.4) is 0 Å². The third-order valence-corrected chi connectivity index (χ3v) is 3.15. The molecule has 0 saturated heterocycles. The van der Waals surface area contributed by atoms with Gasteiger partial charge in [0.25, 0.3) is 0 Å². The molecule has 1 atom stereocenters. The zero-order chi connectivity index (χ0) is 14.1. The van der Waals surface area contributed by atoms with E-state index in [2.05, 4.69) is 4.98 Å². The molecule has 5 heteroatoms. The van der Waals surface area contributed by atoms with Crippen molar-refractivity contribution in [2.24, 2.45) is 0 Å². The largest absolute Gasteiger partial charge is 0.496 e. The standard InChI is InChI=1S/C15H13FN2O2/c1-20-13-6-5-10(16)8-11(13)15(19)12-9-18-7-3-2-4-14(18)17-12/h2-9,15,19H,1H3. The fourth-order valence-corrected chi connectivity index (χ4v) is 2.16. The quantitative estimate of drug-likeness (QED) is 0.797. The van der Waals surface area contributed by atoms with Crippen LogP contribution < -0.4 is 4.74 Å². The summed E-state index contributed by atoms with van der Waals surface area (Å²) in [6.45, 7) is 0. The number of hydrogen-bond acceptors (Lipinski definition) is 3. The third-order valence-electron chi connectivity index (χ3n) is 3.15. The Bertz CT molecular complexity index is 721. The highest BCUT2D eigenvalue weighted by Gasteiger charge is 2.19. The van der Waals surface area contributed by atoms with Crippen LogP contribution in [0.15, 0.2) is 48.8 Å². The fraction of sp³-hybridized carbons (Fsp3) is 0.133. The number of ether oxygens (including phenoxy) is 1. The van der Waals surface area contributed by atoms with E-state index in [9.17, 15) is 9.50 Å². The smallest absolute Gasteiger partial charge is 0.137 e. The second kappa shape index (κ2) is 4.94. The van der Waals surface area contributed by atoms with Gasteiger partial charge in [0.1, 0.15) is 23.3 Å². The monoisotopic (exact) mass is 272 g/mol. The average molecular weight is 272 g/mol. The van der Waals surface area contributed by atoms with Gasteiger partial charge in [0.15, 0.2) is 0 Å². The van der Waals surface area contributed by atoms with E-state index in [1.807, 2.05) is 24.4 Å². The number of nitrogens with zero attached hydrogens (tertiary/aromatic N) is 2. The molecular weight excluding hydrogens is 259 g/mol. The van der Waals surface area contributed by atoms with Gasteiger partial charge in [-0.1, -0.05) is 6.07 Å². The Hall–Kier alpha value is -2.40. The summed E-state index contributed by atoms with van der Waals surface area (Å²) < 4.78 is 20.3. The van der Waals surface area contributed by atoms with E-state index in [1.54, 1.807) is 10.6 Å². The summed E-state index contributed by atoms with van der Waals surface area (Å²) in [4.78, 5) is 4.33. The highest BCUT2D eigenvalue weighted by atomic mass is 19.1. The van der Waals surface area contributed by atoms with E-state index in [0.29, 0.717) is 17.0 Å². The Labute approximate surface area is 115 Å². The van der Waals surface area contributed by atoms with E-state index in [4.69, 9.17) is 4.74 Å². The van der Waals surface area contributed by atoms with Crippen molar-refractivity contribution in [2.75, 3.05) is 7.11 Å². The summed E-state index contributed by atoms with van der Waals surface area (Å²) in [6, 6.07) is 9.60. The molecule has 4 nitrogen and oxygen atoms in total. The summed E-state index contributed by atoms with van der Waals surface area (Å²) in [5.74, 6) is -0.000398. The molecule has 3 aromatic rings. The fourth-order valence-electron chi connectivity index (χ4n) is 2.16. The lowest BCUT2D eigenvalue weighted by Gasteiger charge is -2.12. The Balaban J connectivity index is 2.07. The van der Waals surface area contributed by atoms with E-state index >= 15 is 0 Å². The molecule has 0 radical (unpaired) electrons. The van der Waals surface area contributed by atoms with Gasteiger partial charge in [-0.25, -0.2) is 9.37 Å². The molecule has 0 amide bonds. The lowest BCUT2D eigenvalue weighted by molar-refractivity contribution is 0.210. The second-order valence-corrected chi connectivity index (χ2v) is 4.42. The van der Waals surface area contributed by atoms with Crippen molar-refractivity contribution < 1.29 is 14.2 Å². The molecule has 3 rings (SSSR count). The first-order valence-corrected chi connectivity index (χ1v) is 6.14. The topological polar surface area (TPSA) is 46.8 Å². The van der Waals surface area contributed by atoms with Crippen LogP contribution in [-0.2, 0) is 0 Å². The van der Waals surface area contributed by atoms with Gasteiger partial charge in [-0.15, -0.1) is 0 Å². The Morgan fingerprint density at radius 1 is 1.30 bits per heavy atom. The molecule has 1 N–H and O–H groups in total. The molecule has 0 aliphatic rings. The number of methoxy groups -OCH3 is 1. The van der Waals surface area contributed by atoms with E-state index in [0.717, 1.165) is 5.65 Å². The van der Waals surface area contributed by atoms with Crippen molar-refractivity contribution in [3.63, 3.8) is 0 Å². The number of fused-ring (bicyclic) bond motifs is 1. The Morgan fingerprint density at radius 3 is 2.90 bits per heavy atom. The first kappa shape index (κ1) is 12.6. The maximum absolute atomic E-state index is 13.4. The minimum Gasteiger partial charge on any atom is -0.496 e. The van der Waals surface area contributed by atoms with Gasteiger partial charge in [0, 0.05) is 18.0 Å². The molecule has 20 heavy (non-hydrogen) atoms. The first-order chi connectivity index (χ1) is 9.69. The molecule has 2 aromatic heterocycles. The minimum atomic E-state index is -1.04. The highest BCUT2D eigenvalue weighted by Crippen LogP contribution is 2.30. The summed E-state index contributed by atoms with van der Waals surface area (Å²) in [5.41, 5.74) is 1.52. The normalized spacial score (nSPS) is 12.6. The number of aromatic nitrogens is 2. The SMILES string of the molecule is COc1ccc(F)cc1C(O)c1cn2ccccc2n1. The molecule has 102 valence electrons. The van der Waals surface area contributed by atoms with Crippen LogP contribution in [0.1, 0.15) is 17.4 Å². The van der Waals surface area contributed by atoms with Crippen LogP contribution in [0.2, 0.25) is 0 Å². The van der Waals surface area contributed by atoms with Crippen molar-refractivity contribution in [1.29, 1.82) is 0 Å². The van der Waals surface area contributed by atoms with Crippen molar-refractivity contribution in [1.82, 2.24) is 9.38 Å². The van der Waals surface area contributed by atoms with E-state index < -0.39 is 11.9 Å². The van der Waals surface area contributed by atoms with Crippen molar-refractivity contribution in [3.05, 3.63) is 65.9 Å². The number of rotatable bonds is 3. The molecular formula is C15H13FN2O2. The lowest BCUT2D eigenvalue weighted by Crippen LogP contribution is -2.03. The van der Waals surface area contributed by atoms with Crippen LogP contribution in [0.25, 0.3) is 5.65 Å². The van der Waals surface area contributed by atoms with Gasteiger partial charge in [-0.3, -0.25) is 0 Å². The van der Waals surface area contributed by atoms with Gasteiger partial charge in [-0.2, -0.15) is 0 Å². The molecule has 0 fully saturated rings. The van der Waals surface area contributed by atoms with Gasteiger partial charge in [0.2, 0.25) is 0 Å². The summed E-state index contributed by atoms with van der Waals surface area (Å²) in [7, 11) is 1.48. The summed E-state index contributed by atoms with van der Waals surface area (Å²) >= 11 is 0. The van der Waals surface area contributed by atoms with Crippen LogP contribution in [0.5, 0.6) is 5.75 Å². The maximum Gasteiger partial charge on any atom is 0.137 e. The Kier molecular flexibility index (Phi) is 3.12. The van der Waals surface area contributed by atoms with Gasteiger partial charge in [-0.05, 0) is 30.3 Å². The second-order valence-electron chi connectivity index (χ2n) is 4.42. The molecule has 2 heterocycles. The minimum absolute atomic E-state index is 0.357. The number of benzene rings is 1. The molecule has 0 spiro atoms. The van der Waals surface area contributed by atoms with E-state index in [1.165, 1.54) is 25.3 Å². The van der Waals surface area contributed by atoms with Crippen LogP contribution in [0, 0.1) is 5.82 Å². The number of hydrogen-bond donors (Lipinski definition) is 1. The summed E-state index contributed by atoms with van der Waals surface area (Å²) in [5, 5.41) is 10.4. The van der Waals surface area contributed by atoms with Gasteiger partial charge >= 0.3 is 0 Å². The molecule has 0 aliphatic carbocycles. The number of pyridine rings is 1. The zero-order valence-corrected chi connectivity index (χ0v) is 10.8. The highest BCUT2D eigenvalue weighted by molar-refractivity contribution is 5.44. The Morgan fingerprint density at radius 2 is 2.15 bits per heavy atom. The predicted molar refractivity (Wildman–Crippen MR) is 72.2 cm³/mol. The van der Waals surface area contributed by atoms with Crippen molar-refractivity contribution >= 4 is 5.65 Å². The summed E-state index contributed by atoms with van der Waals surface area (Å²) in [6.07, 6.45) is 2.51. The van der Waals surface area contributed by atoms with Gasteiger partial charge < -0.3 is 14.2 Å². The molecule has 1 aromatic carbocycles. The van der Waals surface area contributed by atoms with Crippen molar-refractivity contribution in [2.45, 2.75) is 6.10 Å². The third kappa shape index (κ3) is 2.12. The molecule has 1 unspecified atom stereocenters. The van der Waals surface area contributed by atoms with Gasteiger partial charge in [0.05, 0.1) is 12.8 Å². The van der Waals surface area contributed by atoms with Crippen LogP contribution in [0.4, 0.5) is 4.39 Å². The zero-order valence-electron chi connectivity index (χ0n) is 10.8. The van der Waals surface area contributed by atoms with Crippen molar-refractivity contribution in [3.8, 4) is 5.75 Å². The van der Waals surface area contributed by atoms with Crippen LogP contribution >= 0.6 is 0 Å². The molecule has 0 aliphatic heterocycles. The molecule has 0 bridgehead atoms. The number of aliphatic hydroxyl groups is 1.